The quantitative estimate of drug-likeness (QED) is 0.426. The number of fused-ring (bicyclic) bond motifs is 3. The molecule has 0 unspecified atom stereocenters. The van der Waals surface area contributed by atoms with Crippen LogP contribution in [0.2, 0.25) is 0 Å². The van der Waals surface area contributed by atoms with Gasteiger partial charge in [-0.1, -0.05) is 15.9 Å². The molecule has 32 heavy (non-hydrogen) atoms. The largest absolute Gasteiger partial charge is 0.490 e. The zero-order chi connectivity index (χ0) is 22.1. The summed E-state index contributed by atoms with van der Waals surface area (Å²) in [5.74, 6) is 0.818. The zero-order valence-electron chi connectivity index (χ0n) is 17.8. The molecule has 1 aliphatic heterocycles. The van der Waals surface area contributed by atoms with E-state index < -0.39 is 0 Å². The Kier molecular flexibility index (Phi) is 5.99. The molecule has 8 heteroatoms. The van der Waals surface area contributed by atoms with E-state index >= 15 is 0 Å². The lowest BCUT2D eigenvalue weighted by Crippen LogP contribution is -2.34. The number of rotatable bonds is 6. The fourth-order valence-corrected chi connectivity index (χ4v) is 4.53. The molecule has 1 N–H and O–H groups in total. The molecule has 3 heterocycles. The lowest BCUT2D eigenvalue weighted by Gasteiger charge is -2.23. The molecule has 0 amide bonds. The number of benzene rings is 2. The second-order valence-corrected chi connectivity index (χ2v) is 8.81. The Hall–Kier alpha value is -2.68. The van der Waals surface area contributed by atoms with Crippen LogP contribution in [0.4, 0.5) is 0 Å². The van der Waals surface area contributed by atoms with Crippen molar-refractivity contribution in [3.63, 3.8) is 0 Å². The summed E-state index contributed by atoms with van der Waals surface area (Å²) in [6.07, 6.45) is 2.22. The first-order valence-corrected chi connectivity index (χ1v) is 11.5. The van der Waals surface area contributed by atoms with Gasteiger partial charge in [-0.3, -0.25) is 4.57 Å². The van der Waals surface area contributed by atoms with Gasteiger partial charge in [-0.2, -0.15) is 4.98 Å². The number of ether oxygens (including phenoxy) is 2. The molecule has 0 atom stereocenters. The molecule has 0 spiro atoms. The highest BCUT2D eigenvalue weighted by Crippen LogP contribution is 2.35. The van der Waals surface area contributed by atoms with Crippen LogP contribution in [0.1, 0.15) is 12.8 Å². The average molecular weight is 498 g/mol. The first-order chi connectivity index (χ1) is 15.6. The van der Waals surface area contributed by atoms with Crippen LogP contribution in [0.5, 0.6) is 5.75 Å². The molecule has 4 aromatic rings. The maximum absolute atomic E-state index is 13.0. The van der Waals surface area contributed by atoms with Gasteiger partial charge in [0.05, 0.1) is 13.2 Å². The fraction of sp³-hybridized carbons (Fsp3) is 0.333. The summed E-state index contributed by atoms with van der Waals surface area (Å²) in [7, 11) is 1.61. The van der Waals surface area contributed by atoms with Crippen molar-refractivity contribution >= 4 is 38.0 Å². The minimum absolute atomic E-state index is 0.227. The van der Waals surface area contributed by atoms with Crippen molar-refractivity contribution in [2.24, 2.45) is 0 Å². The summed E-state index contributed by atoms with van der Waals surface area (Å²) < 4.78 is 20.1. The highest BCUT2D eigenvalue weighted by molar-refractivity contribution is 9.10. The first-order valence-electron chi connectivity index (χ1n) is 10.7. The summed E-state index contributed by atoms with van der Waals surface area (Å²) in [5, 5.41) is 4.20. The van der Waals surface area contributed by atoms with E-state index in [1.54, 1.807) is 11.7 Å². The predicted molar refractivity (Wildman–Crippen MR) is 127 cm³/mol. The Morgan fingerprint density at radius 1 is 1.19 bits per heavy atom. The standard InChI is InChI=1S/C24H24BrN3O4/c1-30-13-12-28-22-19-14-16(25)4-7-20(19)32-23(22)21(27-24(28)29)15-2-5-17(6-3-15)31-18-8-10-26-11-9-18/h2-7,14,18,26H,8-13H2,1H3. The van der Waals surface area contributed by atoms with Crippen molar-refractivity contribution in [3.05, 3.63) is 57.4 Å². The van der Waals surface area contributed by atoms with Crippen LogP contribution < -0.4 is 15.7 Å². The van der Waals surface area contributed by atoms with Crippen LogP contribution >= 0.6 is 15.9 Å². The van der Waals surface area contributed by atoms with Gasteiger partial charge in [-0.25, -0.2) is 4.79 Å². The van der Waals surface area contributed by atoms with Crippen molar-refractivity contribution in [2.45, 2.75) is 25.5 Å². The maximum atomic E-state index is 13.0. The number of hydrogen-bond acceptors (Lipinski definition) is 6. The number of furan rings is 1. The third-order valence-electron chi connectivity index (χ3n) is 5.78. The zero-order valence-corrected chi connectivity index (χ0v) is 19.4. The van der Waals surface area contributed by atoms with Gasteiger partial charge in [-0.15, -0.1) is 0 Å². The Balaban J connectivity index is 1.59. The van der Waals surface area contributed by atoms with E-state index in [9.17, 15) is 4.79 Å². The molecule has 0 radical (unpaired) electrons. The minimum atomic E-state index is -0.331. The molecule has 1 saturated heterocycles. The average Bonchev–Trinajstić information content (AvgIpc) is 3.18. The molecule has 2 aromatic heterocycles. The van der Waals surface area contributed by atoms with Crippen LogP contribution in [-0.4, -0.2) is 42.5 Å². The summed E-state index contributed by atoms with van der Waals surface area (Å²) >= 11 is 3.52. The molecule has 1 fully saturated rings. The molecule has 166 valence electrons. The van der Waals surface area contributed by atoms with E-state index in [-0.39, 0.29) is 11.8 Å². The van der Waals surface area contributed by atoms with Crippen molar-refractivity contribution in [3.8, 4) is 17.0 Å². The van der Waals surface area contributed by atoms with E-state index in [1.165, 1.54) is 0 Å². The third kappa shape index (κ3) is 4.05. The van der Waals surface area contributed by atoms with Gasteiger partial charge in [0.15, 0.2) is 5.58 Å². The van der Waals surface area contributed by atoms with E-state index in [4.69, 9.17) is 13.9 Å². The topological polar surface area (TPSA) is 78.5 Å². The van der Waals surface area contributed by atoms with Gasteiger partial charge in [0.25, 0.3) is 0 Å². The molecule has 0 aliphatic carbocycles. The van der Waals surface area contributed by atoms with Gasteiger partial charge >= 0.3 is 5.69 Å². The highest BCUT2D eigenvalue weighted by atomic mass is 79.9. The van der Waals surface area contributed by atoms with Gasteiger partial charge in [0.1, 0.15) is 28.6 Å². The predicted octanol–water partition coefficient (Wildman–Crippen LogP) is 4.35. The van der Waals surface area contributed by atoms with Crippen molar-refractivity contribution in [2.75, 3.05) is 26.8 Å². The van der Waals surface area contributed by atoms with Crippen LogP contribution in [0.15, 0.2) is 56.1 Å². The molecule has 0 bridgehead atoms. The third-order valence-corrected chi connectivity index (χ3v) is 6.28. The Labute approximate surface area is 193 Å². The molecule has 2 aromatic carbocycles. The number of hydrogen-bond donors (Lipinski definition) is 1. The number of nitrogens with one attached hydrogen (secondary N) is 1. The Bertz CT molecular complexity index is 1310. The van der Waals surface area contributed by atoms with Crippen LogP contribution in [-0.2, 0) is 11.3 Å². The normalized spacial score (nSPS) is 14.9. The summed E-state index contributed by atoms with van der Waals surface area (Å²) in [6, 6.07) is 13.5. The van der Waals surface area contributed by atoms with E-state index in [0.717, 1.165) is 52.6 Å². The van der Waals surface area contributed by atoms with Crippen molar-refractivity contribution in [1.29, 1.82) is 0 Å². The van der Waals surface area contributed by atoms with Gasteiger partial charge in [0.2, 0.25) is 0 Å². The second-order valence-electron chi connectivity index (χ2n) is 7.90. The van der Waals surface area contributed by atoms with E-state index in [1.807, 2.05) is 42.5 Å². The van der Waals surface area contributed by atoms with Crippen molar-refractivity contribution in [1.82, 2.24) is 14.9 Å². The molecule has 0 saturated carbocycles. The monoisotopic (exact) mass is 497 g/mol. The van der Waals surface area contributed by atoms with Crippen LogP contribution in [0.25, 0.3) is 33.3 Å². The Morgan fingerprint density at radius 3 is 2.72 bits per heavy atom. The fourth-order valence-electron chi connectivity index (χ4n) is 4.17. The van der Waals surface area contributed by atoms with Crippen molar-refractivity contribution < 1.29 is 13.9 Å². The molecule has 5 rings (SSSR count). The SMILES string of the molecule is COCCn1c(=O)nc(-c2ccc(OC3CCNCC3)cc2)c2oc3ccc(Br)cc3c21. The lowest BCUT2D eigenvalue weighted by atomic mass is 10.1. The van der Waals surface area contributed by atoms with Gasteiger partial charge < -0.3 is 19.2 Å². The second kappa shape index (κ2) is 9.05. The highest BCUT2D eigenvalue weighted by Gasteiger charge is 2.20. The molecule has 1 aliphatic rings. The summed E-state index contributed by atoms with van der Waals surface area (Å²) in [5.41, 5.74) is 3.02. The van der Waals surface area contributed by atoms with Crippen LogP contribution in [0.3, 0.4) is 0 Å². The number of aromatic nitrogens is 2. The minimum Gasteiger partial charge on any atom is -0.490 e. The smallest absolute Gasteiger partial charge is 0.348 e. The summed E-state index contributed by atoms with van der Waals surface area (Å²) in [4.78, 5) is 17.4. The number of halogens is 1. The maximum Gasteiger partial charge on any atom is 0.348 e. The number of methoxy groups -OCH3 is 1. The lowest BCUT2D eigenvalue weighted by molar-refractivity contribution is 0.162. The Morgan fingerprint density at radius 2 is 1.97 bits per heavy atom. The molecule has 7 nitrogen and oxygen atoms in total. The number of nitrogens with zero attached hydrogens (tertiary/aromatic N) is 2. The van der Waals surface area contributed by atoms with E-state index in [0.29, 0.717) is 30.0 Å². The first kappa shape index (κ1) is 21.2. The van der Waals surface area contributed by atoms with E-state index in [2.05, 4.69) is 26.2 Å². The van der Waals surface area contributed by atoms with Gasteiger partial charge in [0, 0.05) is 22.5 Å². The summed E-state index contributed by atoms with van der Waals surface area (Å²) in [6.45, 7) is 2.75. The van der Waals surface area contributed by atoms with Gasteiger partial charge in [-0.05, 0) is 68.4 Å². The van der Waals surface area contributed by atoms with Crippen LogP contribution in [0, 0.1) is 0 Å². The molecular formula is C24H24BrN3O4. The molecular weight excluding hydrogens is 474 g/mol. The number of piperidine rings is 1.